The largest absolute Gasteiger partial charge is 0.271 e. The van der Waals surface area contributed by atoms with E-state index in [1.807, 2.05) is 10.9 Å². The lowest BCUT2D eigenvalue weighted by molar-refractivity contribution is -0.385. The van der Waals surface area contributed by atoms with Crippen molar-refractivity contribution in [1.82, 2.24) is 15.8 Å². The summed E-state index contributed by atoms with van der Waals surface area (Å²) in [7, 11) is 0. The third-order valence-corrected chi connectivity index (χ3v) is 4.12. The van der Waals surface area contributed by atoms with E-state index >= 15 is 0 Å². The minimum atomic E-state index is -0.908. The Hall–Kier alpha value is -4.68. The lowest BCUT2D eigenvalue weighted by Crippen LogP contribution is -2.47. The van der Waals surface area contributed by atoms with E-state index in [4.69, 9.17) is 0 Å². The summed E-state index contributed by atoms with van der Waals surface area (Å²) >= 11 is 0. The van der Waals surface area contributed by atoms with Crippen molar-refractivity contribution in [3.05, 3.63) is 79.4 Å². The number of nitro benzene ring substituents is 2. The number of amides is 4. The lowest BCUT2D eigenvalue weighted by atomic mass is 10.1. The number of nitro groups is 2. The van der Waals surface area contributed by atoms with Gasteiger partial charge in [-0.3, -0.25) is 55.2 Å². The van der Waals surface area contributed by atoms with Crippen LogP contribution in [0.5, 0.6) is 0 Å². The Bertz CT molecular complexity index is 1110. The van der Waals surface area contributed by atoms with Gasteiger partial charge in [0.1, 0.15) is 6.54 Å². The first-order valence-electron chi connectivity index (χ1n) is 8.17. The summed E-state index contributed by atoms with van der Waals surface area (Å²) in [5.74, 6) is -3.37. The molecule has 3 rings (SSSR count). The zero-order chi connectivity index (χ0) is 22.0. The number of rotatable bonds is 5. The normalized spacial score (nSPS) is 12.3. The maximum atomic E-state index is 12.3. The van der Waals surface area contributed by atoms with Gasteiger partial charge in [0.2, 0.25) is 0 Å². The monoisotopic (exact) mass is 413 g/mol. The molecule has 13 heteroatoms. The van der Waals surface area contributed by atoms with Crippen LogP contribution in [0.3, 0.4) is 0 Å². The third kappa shape index (κ3) is 3.80. The molecule has 0 aliphatic carbocycles. The van der Waals surface area contributed by atoms with Gasteiger partial charge in [-0.1, -0.05) is 0 Å². The molecular weight excluding hydrogens is 402 g/mol. The van der Waals surface area contributed by atoms with Crippen LogP contribution in [0.1, 0.15) is 31.1 Å². The summed E-state index contributed by atoms with van der Waals surface area (Å²) in [6, 6.07) is 7.71. The quantitative estimate of drug-likeness (QED) is 0.405. The minimum Gasteiger partial charge on any atom is -0.271 e. The van der Waals surface area contributed by atoms with Crippen LogP contribution in [0.4, 0.5) is 11.4 Å². The van der Waals surface area contributed by atoms with Crippen molar-refractivity contribution in [3.8, 4) is 0 Å². The van der Waals surface area contributed by atoms with Crippen LogP contribution >= 0.6 is 0 Å². The molecule has 0 aromatic heterocycles. The topological polar surface area (TPSA) is 182 Å². The first kappa shape index (κ1) is 20.1. The van der Waals surface area contributed by atoms with Gasteiger partial charge in [-0.15, -0.1) is 0 Å². The minimum absolute atomic E-state index is 0.0222. The summed E-state index contributed by atoms with van der Waals surface area (Å²) in [6.07, 6.45) is 0. The highest BCUT2D eigenvalue weighted by Crippen LogP contribution is 2.26. The second kappa shape index (κ2) is 7.75. The molecule has 4 amide bonds. The number of fused-ring (bicyclic) bond motifs is 1. The van der Waals surface area contributed by atoms with Gasteiger partial charge in [0.25, 0.3) is 35.0 Å². The third-order valence-electron chi connectivity index (χ3n) is 4.12. The maximum Gasteiger partial charge on any atom is 0.270 e. The zero-order valence-electron chi connectivity index (χ0n) is 14.9. The standard InChI is InChI=1S/C17H11N5O8/c23-14(18-19-15(24)9-1-3-10(4-2-9)21(27)28)8-20-16(25)12-6-5-11(22(29)30)7-13(12)17(20)26/h1-7H,8H2,(H,18,23)(H,19,24). The van der Waals surface area contributed by atoms with E-state index in [1.165, 1.54) is 12.1 Å². The van der Waals surface area contributed by atoms with Crippen molar-refractivity contribution < 1.29 is 29.0 Å². The van der Waals surface area contributed by atoms with Gasteiger partial charge in [0.15, 0.2) is 0 Å². The Morgan fingerprint density at radius 3 is 2.00 bits per heavy atom. The van der Waals surface area contributed by atoms with Crippen LogP contribution < -0.4 is 10.9 Å². The van der Waals surface area contributed by atoms with E-state index in [9.17, 15) is 39.4 Å². The highest BCUT2D eigenvalue weighted by molar-refractivity contribution is 6.22. The molecule has 2 N–H and O–H groups in total. The smallest absolute Gasteiger partial charge is 0.270 e. The van der Waals surface area contributed by atoms with Gasteiger partial charge in [-0.2, -0.15) is 0 Å². The predicted octanol–water partition coefficient (Wildman–Crippen LogP) is 0.560. The molecule has 0 radical (unpaired) electrons. The van der Waals surface area contributed by atoms with Gasteiger partial charge in [0, 0.05) is 29.8 Å². The molecule has 0 atom stereocenters. The lowest BCUT2D eigenvalue weighted by Gasteiger charge is -2.14. The van der Waals surface area contributed by atoms with E-state index in [1.54, 1.807) is 0 Å². The molecular formula is C17H11N5O8. The highest BCUT2D eigenvalue weighted by Gasteiger charge is 2.37. The number of carbonyl (C=O) groups excluding carboxylic acids is 4. The average molecular weight is 413 g/mol. The molecule has 2 aromatic rings. The number of nitrogens with one attached hydrogen (secondary N) is 2. The summed E-state index contributed by atoms with van der Waals surface area (Å²) in [4.78, 5) is 69.3. The predicted molar refractivity (Wildman–Crippen MR) is 97.2 cm³/mol. The number of non-ortho nitro benzene ring substituents is 2. The average Bonchev–Trinajstić information content (AvgIpc) is 2.96. The van der Waals surface area contributed by atoms with Crippen molar-refractivity contribution in [2.24, 2.45) is 0 Å². The molecule has 152 valence electrons. The first-order chi connectivity index (χ1) is 14.2. The van der Waals surface area contributed by atoms with Crippen LogP contribution in [-0.2, 0) is 4.79 Å². The van der Waals surface area contributed by atoms with Gasteiger partial charge in [-0.05, 0) is 18.2 Å². The highest BCUT2D eigenvalue weighted by atomic mass is 16.6. The Morgan fingerprint density at radius 1 is 0.833 bits per heavy atom. The summed E-state index contributed by atoms with van der Waals surface area (Å²) in [5.41, 5.74) is 3.22. The second-order valence-electron chi connectivity index (χ2n) is 5.99. The zero-order valence-corrected chi connectivity index (χ0v) is 14.9. The van der Waals surface area contributed by atoms with E-state index in [2.05, 4.69) is 0 Å². The SMILES string of the molecule is O=C(CN1C(=O)c2ccc([N+](=O)[O-])cc2C1=O)NNC(=O)c1ccc([N+](=O)[O-])cc1. The molecule has 1 aliphatic rings. The molecule has 1 heterocycles. The van der Waals surface area contributed by atoms with E-state index in [0.717, 1.165) is 30.3 Å². The van der Waals surface area contributed by atoms with Gasteiger partial charge < -0.3 is 0 Å². The van der Waals surface area contributed by atoms with Crippen LogP contribution in [0, 0.1) is 20.2 Å². The molecule has 1 aliphatic heterocycles. The van der Waals surface area contributed by atoms with Crippen LogP contribution in [0.25, 0.3) is 0 Å². The second-order valence-corrected chi connectivity index (χ2v) is 5.99. The molecule has 0 saturated heterocycles. The molecule has 2 aromatic carbocycles. The number of benzene rings is 2. The number of nitrogens with zero attached hydrogens (tertiary/aromatic N) is 3. The molecule has 13 nitrogen and oxygen atoms in total. The Labute approximate surface area is 166 Å². The summed E-state index contributed by atoms with van der Waals surface area (Å²) in [6.45, 7) is -0.735. The number of hydrogen-bond donors (Lipinski definition) is 2. The Kier molecular flexibility index (Phi) is 5.18. The summed E-state index contributed by atoms with van der Waals surface area (Å²) in [5, 5.41) is 21.4. The number of hydrogen-bond acceptors (Lipinski definition) is 8. The van der Waals surface area contributed by atoms with E-state index < -0.39 is 40.0 Å². The van der Waals surface area contributed by atoms with Crippen LogP contribution in [0.15, 0.2) is 42.5 Å². The molecule has 0 saturated carbocycles. The molecule has 0 spiro atoms. The van der Waals surface area contributed by atoms with Crippen molar-refractivity contribution in [1.29, 1.82) is 0 Å². The fraction of sp³-hybridized carbons (Fsp3) is 0.0588. The van der Waals surface area contributed by atoms with Crippen molar-refractivity contribution in [2.75, 3.05) is 6.54 Å². The van der Waals surface area contributed by atoms with Gasteiger partial charge in [0.05, 0.1) is 21.0 Å². The fourth-order valence-electron chi connectivity index (χ4n) is 2.65. The Balaban J connectivity index is 1.61. The van der Waals surface area contributed by atoms with Crippen LogP contribution in [-0.4, -0.2) is 44.9 Å². The molecule has 0 unspecified atom stereocenters. The first-order valence-corrected chi connectivity index (χ1v) is 8.17. The summed E-state index contributed by atoms with van der Waals surface area (Å²) < 4.78 is 0. The van der Waals surface area contributed by atoms with Crippen molar-refractivity contribution in [3.63, 3.8) is 0 Å². The van der Waals surface area contributed by atoms with E-state index in [0.29, 0.717) is 4.90 Å². The van der Waals surface area contributed by atoms with Gasteiger partial charge >= 0.3 is 0 Å². The Morgan fingerprint density at radius 2 is 1.40 bits per heavy atom. The number of carbonyl (C=O) groups is 4. The number of imide groups is 1. The van der Waals surface area contributed by atoms with Gasteiger partial charge in [-0.25, -0.2) is 0 Å². The number of hydrazine groups is 1. The fourth-order valence-corrected chi connectivity index (χ4v) is 2.65. The molecule has 0 fully saturated rings. The van der Waals surface area contributed by atoms with Crippen LogP contribution in [0.2, 0.25) is 0 Å². The van der Waals surface area contributed by atoms with Crippen molar-refractivity contribution >= 4 is 35.0 Å². The van der Waals surface area contributed by atoms with Crippen molar-refractivity contribution in [2.45, 2.75) is 0 Å². The molecule has 30 heavy (non-hydrogen) atoms. The van der Waals surface area contributed by atoms with E-state index in [-0.39, 0.29) is 28.1 Å². The maximum absolute atomic E-state index is 12.3. The molecule has 0 bridgehead atoms.